The van der Waals surface area contributed by atoms with Crippen LogP contribution in [0.3, 0.4) is 0 Å². The second-order valence-electron chi connectivity index (χ2n) is 6.43. The summed E-state index contributed by atoms with van der Waals surface area (Å²) in [7, 11) is 0. The van der Waals surface area contributed by atoms with E-state index in [1.807, 2.05) is 33.8 Å². The Balaban J connectivity index is 2.40. The maximum Gasteiger partial charge on any atom is 0.259 e. The SMILES string of the molecule is Cc1cc(NC(=O)c2ccccc2O)c(O)c(C(C)(C)C)c1. The molecule has 2 aromatic carbocycles. The van der Waals surface area contributed by atoms with Crippen LogP contribution in [0.4, 0.5) is 5.69 Å². The molecule has 3 N–H and O–H groups in total. The molecule has 0 aliphatic rings. The summed E-state index contributed by atoms with van der Waals surface area (Å²) >= 11 is 0. The monoisotopic (exact) mass is 299 g/mol. The Morgan fingerprint density at radius 3 is 2.32 bits per heavy atom. The van der Waals surface area contributed by atoms with Crippen molar-refractivity contribution in [1.82, 2.24) is 0 Å². The van der Waals surface area contributed by atoms with E-state index in [-0.39, 0.29) is 22.5 Å². The Morgan fingerprint density at radius 2 is 1.73 bits per heavy atom. The van der Waals surface area contributed by atoms with Crippen LogP contribution in [0.1, 0.15) is 42.3 Å². The highest BCUT2D eigenvalue weighted by molar-refractivity contribution is 6.06. The van der Waals surface area contributed by atoms with E-state index in [2.05, 4.69) is 5.32 Å². The molecule has 0 spiro atoms. The molecule has 4 nitrogen and oxygen atoms in total. The summed E-state index contributed by atoms with van der Waals surface area (Å²) in [6.07, 6.45) is 0. The maximum atomic E-state index is 12.3. The highest BCUT2D eigenvalue weighted by Crippen LogP contribution is 2.37. The number of aryl methyl sites for hydroxylation is 1. The summed E-state index contributed by atoms with van der Waals surface area (Å²) in [5.41, 5.74) is 1.97. The lowest BCUT2D eigenvalue weighted by atomic mass is 9.85. The van der Waals surface area contributed by atoms with Crippen LogP contribution in [0.5, 0.6) is 11.5 Å². The van der Waals surface area contributed by atoms with Crippen LogP contribution in [-0.2, 0) is 5.41 Å². The summed E-state index contributed by atoms with van der Waals surface area (Å²) in [5.74, 6) is -0.496. The van der Waals surface area contributed by atoms with Gasteiger partial charge in [0, 0.05) is 5.56 Å². The van der Waals surface area contributed by atoms with Crippen molar-refractivity contribution < 1.29 is 15.0 Å². The maximum absolute atomic E-state index is 12.3. The van der Waals surface area contributed by atoms with Gasteiger partial charge in [0.2, 0.25) is 0 Å². The van der Waals surface area contributed by atoms with E-state index in [1.165, 1.54) is 12.1 Å². The van der Waals surface area contributed by atoms with Crippen molar-refractivity contribution >= 4 is 11.6 Å². The fraction of sp³-hybridized carbons (Fsp3) is 0.278. The molecule has 0 saturated heterocycles. The predicted octanol–water partition coefficient (Wildman–Crippen LogP) is 3.96. The quantitative estimate of drug-likeness (QED) is 0.735. The first kappa shape index (κ1) is 15.9. The van der Waals surface area contributed by atoms with Crippen molar-refractivity contribution in [3.8, 4) is 11.5 Å². The van der Waals surface area contributed by atoms with E-state index >= 15 is 0 Å². The number of carbonyl (C=O) groups excluding carboxylic acids is 1. The van der Waals surface area contributed by atoms with Gasteiger partial charge in [0.05, 0.1) is 11.3 Å². The molecule has 0 aliphatic heterocycles. The van der Waals surface area contributed by atoms with E-state index in [0.717, 1.165) is 11.1 Å². The Bertz CT molecular complexity index is 715. The number of para-hydroxylation sites is 1. The van der Waals surface area contributed by atoms with E-state index < -0.39 is 5.91 Å². The number of hydrogen-bond acceptors (Lipinski definition) is 3. The third kappa shape index (κ3) is 3.22. The number of nitrogens with one attached hydrogen (secondary N) is 1. The zero-order valence-electron chi connectivity index (χ0n) is 13.3. The van der Waals surface area contributed by atoms with Crippen molar-refractivity contribution in [3.05, 3.63) is 53.1 Å². The number of rotatable bonds is 2. The van der Waals surface area contributed by atoms with Crippen LogP contribution < -0.4 is 5.32 Å². The first-order valence-corrected chi connectivity index (χ1v) is 7.13. The molecule has 0 saturated carbocycles. The highest BCUT2D eigenvalue weighted by Gasteiger charge is 2.22. The normalized spacial score (nSPS) is 11.3. The van der Waals surface area contributed by atoms with Gasteiger partial charge in [-0.15, -0.1) is 0 Å². The predicted molar refractivity (Wildman–Crippen MR) is 87.6 cm³/mol. The third-order valence-corrected chi connectivity index (χ3v) is 3.46. The Hall–Kier alpha value is -2.49. The molecule has 2 aromatic rings. The fourth-order valence-corrected chi connectivity index (χ4v) is 2.30. The van der Waals surface area contributed by atoms with Crippen LogP contribution in [0, 0.1) is 6.92 Å². The van der Waals surface area contributed by atoms with Crippen molar-refractivity contribution in [2.45, 2.75) is 33.1 Å². The van der Waals surface area contributed by atoms with Crippen molar-refractivity contribution in [3.63, 3.8) is 0 Å². The molecule has 0 heterocycles. The zero-order valence-corrected chi connectivity index (χ0v) is 13.3. The van der Waals surface area contributed by atoms with Gasteiger partial charge in [-0.25, -0.2) is 0 Å². The lowest BCUT2D eigenvalue weighted by Gasteiger charge is -2.23. The molecule has 4 heteroatoms. The molecule has 2 rings (SSSR count). The second kappa shape index (κ2) is 5.72. The van der Waals surface area contributed by atoms with Crippen LogP contribution in [0.15, 0.2) is 36.4 Å². The van der Waals surface area contributed by atoms with Gasteiger partial charge >= 0.3 is 0 Å². The summed E-state index contributed by atoms with van der Waals surface area (Å²) in [6, 6.07) is 9.92. The number of phenols is 2. The van der Waals surface area contributed by atoms with Crippen molar-refractivity contribution in [1.29, 1.82) is 0 Å². The Labute approximate surface area is 130 Å². The lowest BCUT2D eigenvalue weighted by molar-refractivity contribution is 0.102. The number of carbonyl (C=O) groups is 1. The Kier molecular flexibility index (Phi) is 4.13. The molecule has 0 aliphatic carbocycles. The topological polar surface area (TPSA) is 69.6 Å². The van der Waals surface area contributed by atoms with Gasteiger partial charge in [0.25, 0.3) is 5.91 Å². The van der Waals surface area contributed by atoms with Crippen LogP contribution in [0.25, 0.3) is 0 Å². The smallest absolute Gasteiger partial charge is 0.259 e. The number of benzene rings is 2. The van der Waals surface area contributed by atoms with Gasteiger partial charge in [0.1, 0.15) is 11.5 Å². The summed E-state index contributed by atoms with van der Waals surface area (Å²) < 4.78 is 0. The molecule has 0 bridgehead atoms. The molecular formula is C18H21NO3. The molecule has 116 valence electrons. The molecular weight excluding hydrogens is 278 g/mol. The summed E-state index contributed by atoms with van der Waals surface area (Å²) in [4.78, 5) is 12.3. The number of anilines is 1. The third-order valence-electron chi connectivity index (χ3n) is 3.46. The van der Waals surface area contributed by atoms with Crippen LogP contribution in [-0.4, -0.2) is 16.1 Å². The first-order valence-electron chi connectivity index (χ1n) is 7.13. The standard InChI is InChI=1S/C18H21NO3/c1-11-9-13(18(2,3)4)16(21)14(10-11)19-17(22)12-7-5-6-8-15(12)20/h5-10,20-21H,1-4H3,(H,19,22). The lowest BCUT2D eigenvalue weighted by Crippen LogP contribution is -2.16. The van der Waals surface area contributed by atoms with Gasteiger partial charge in [0.15, 0.2) is 0 Å². The fourth-order valence-electron chi connectivity index (χ4n) is 2.30. The second-order valence-corrected chi connectivity index (χ2v) is 6.43. The molecule has 0 atom stereocenters. The van der Waals surface area contributed by atoms with Crippen LogP contribution >= 0.6 is 0 Å². The molecule has 1 amide bonds. The molecule has 0 unspecified atom stereocenters. The minimum absolute atomic E-state index is 0.0573. The summed E-state index contributed by atoms with van der Waals surface area (Å²) in [5, 5.41) is 22.9. The average Bonchev–Trinajstić information content (AvgIpc) is 2.41. The molecule has 0 radical (unpaired) electrons. The average molecular weight is 299 g/mol. The molecule has 0 fully saturated rings. The van der Waals surface area contributed by atoms with Gasteiger partial charge in [-0.2, -0.15) is 0 Å². The zero-order chi connectivity index (χ0) is 16.5. The molecule has 0 aromatic heterocycles. The minimum Gasteiger partial charge on any atom is -0.507 e. The molecule has 22 heavy (non-hydrogen) atoms. The number of hydrogen-bond donors (Lipinski definition) is 3. The largest absolute Gasteiger partial charge is 0.507 e. The van der Waals surface area contributed by atoms with Crippen molar-refractivity contribution in [2.75, 3.05) is 5.32 Å². The van der Waals surface area contributed by atoms with Gasteiger partial charge in [-0.1, -0.05) is 39.0 Å². The van der Waals surface area contributed by atoms with E-state index in [9.17, 15) is 15.0 Å². The van der Waals surface area contributed by atoms with Gasteiger partial charge < -0.3 is 15.5 Å². The van der Waals surface area contributed by atoms with E-state index in [0.29, 0.717) is 5.69 Å². The Morgan fingerprint density at radius 1 is 1.09 bits per heavy atom. The summed E-state index contributed by atoms with van der Waals surface area (Å²) in [6.45, 7) is 7.90. The van der Waals surface area contributed by atoms with Gasteiger partial charge in [-0.3, -0.25) is 4.79 Å². The van der Waals surface area contributed by atoms with Gasteiger partial charge in [-0.05, 0) is 36.1 Å². The minimum atomic E-state index is -0.459. The first-order chi connectivity index (χ1) is 10.2. The highest BCUT2D eigenvalue weighted by atomic mass is 16.3. The number of aromatic hydroxyl groups is 2. The van der Waals surface area contributed by atoms with Crippen LogP contribution in [0.2, 0.25) is 0 Å². The van der Waals surface area contributed by atoms with E-state index in [4.69, 9.17) is 0 Å². The van der Waals surface area contributed by atoms with Crippen molar-refractivity contribution in [2.24, 2.45) is 0 Å². The number of amides is 1. The number of phenolic OH excluding ortho intramolecular Hbond substituents is 2. The van der Waals surface area contributed by atoms with E-state index in [1.54, 1.807) is 18.2 Å².